The first-order chi connectivity index (χ1) is 17.4. The first kappa shape index (κ1) is 29.3. The predicted octanol–water partition coefficient (Wildman–Crippen LogP) is 7.01. The normalized spacial score (nSPS) is 15.2. The molecule has 2 heterocycles. The van der Waals surface area contributed by atoms with E-state index >= 15 is 0 Å². The highest BCUT2D eigenvalue weighted by Gasteiger charge is 2.75. The van der Waals surface area contributed by atoms with Crippen LogP contribution in [0.15, 0.2) is 16.2 Å². The van der Waals surface area contributed by atoms with Crippen LogP contribution in [0.25, 0.3) is 0 Å². The van der Waals surface area contributed by atoms with Crippen molar-refractivity contribution in [3.8, 4) is 11.6 Å². The van der Waals surface area contributed by atoms with Crippen LogP contribution in [0.4, 0.5) is 26.3 Å². The van der Waals surface area contributed by atoms with Crippen LogP contribution in [-0.4, -0.2) is 28.6 Å². The van der Waals surface area contributed by atoms with Gasteiger partial charge < -0.3 is 14.6 Å². The molecule has 1 aromatic heterocycles. The maximum atomic E-state index is 13.9. The summed E-state index contributed by atoms with van der Waals surface area (Å²) in [6, 6.07) is 0.979. The highest BCUT2D eigenvalue weighted by atomic mass is 32.1. The second-order valence-corrected chi connectivity index (χ2v) is 9.93. The van der Waals surface area contributed by atoms with Crippen molar-refractivity contribution in [1.82, 2.24) is 4.57 Å². The molecule has 5 nitrogen and oxygen atoms in total. The van der Waals surface area contributed by atoms with Crippen molar-refractivity contribution in [2.75, 3.05) is 6.61 Å². The number of unbranched alkanes of at least 4 members (excludes halogenated alkanes) is 3. The zero-order chi connectivity index (χ0) is 27.4. The molecule has 1 aliphatic rings. The van der Waals surface area contributed by atoms with E-state index < -0.39 is 30.1 Å². The molecule has 0 saturated heterocycles. The van der Waals surface area contributed by atoms with Gasteiger partial charge in [-0.2, -0.15) is 26.3 Å². The quantitative estimate of drug-likeness (QED) is 0.226. The Bertz CT molecular complexity index is 1110. The first-order valence-corrected chi connectivity index (χ1v) is 13.2. The molecule has 0 radical (unpaired) electrons. The van der Waals surface area contributed by atoms with Crippen molar-refractivity contribution in [2.24, 2.45) is 0 Å². The fourth-order valence-corrected chi connectivity index (χ4v) is 5.41. The number of aromatic hydroxyl groups is 1. The standard InChI is InChI=1S/C25H31F6NO4S/c1-3-9-16-13-19-18(14-36-23(19,24(26,27)28)25(29,30)31)17(10-4-2)21(16)35-12-8-6-5-7-11-32-20(33)15-37-22(32)34/h13,15,33H,3-12,14H2,1-2H3. The van der Waals surface area contributed by atoms with Gasteiger partial charge in [0.05, 0.1) is 18.6 Å². The van der Waals surface area contributed by atoms with Crippen LogP contribution in [0.1, 0.15) is 74.6 Å². The molecule has 1 aliphatic heterocycles. The summed E-state index contributed by atoms with van der Waals surface area (Å²) in [6.45, 7) is 3.45. The summed E-state index contributed by atoms with van der Waals surface area (Å²) in [4.78, 5) is 11.4. The number of halogens is 6. The second kappa shape index (κ2) is 11.7. The number of thiazole rings is 1. The Morgan fingerprint density at radius 1 is 1.05 bits per heavy atom. The molecule has 1 N–H and O–H groups in total. The van der Waals surface area contributed by atoms with Crippen LogP contribution in [0.3, 0.4) is 0 Å². The van der Waals surface area contributed by atoms with Gasteiger partial charge in [-0.1, -0.05) is 50.9 Å². The maximum Gasteiger partial charge on any atom is 0.430 e. The maximum absolute atomic E-state index is 13.9. The van der Waals surface area contributed by atoms with E-state index in [2.05, 4.69) is 4.74 Å². The Labute approximate surface area is 215 Å². The van der Waals surface area contributed by atoms with E-state index in [4.69, 9.17) is 4.74 Å². The lowest BCUT2D eigenvalue weighted by molar-refractivity contribution is -0.385. The van der Waals surface area contributed by atoms with E-state index in [1.165, 1.54) is 9.95 Å². The van der Waals surface area contributed by atoms with Crippen LogP contribution in [0.2, 0.25) is 0 Å². The van der Waals surface area contributed by atoms with Gasteiger partial charge in [0.15, 0.2) is 0 Å². The summed E-state index contributed by atoms with van der Waals surface area (Å²) in [5.41, 5.74) is -4.64. The van der Waals surface area contributed by atoms with E-state index in [1.807, 2.05) is 0 Å². The van der Waals surface area contributed by atoms with Gasteiger partial charge in [-0.05, 0) is 42.9 Å². The summed E-state index contributed by atoms with van der Waals surface area (Å²) in [5, 5.41) is 11.0. The minimum Gasteiger partial charge on any atom is -0.494 e. The van der Waals surface area contributed by atoms with Crippen LogP contribution in [-0.2, 0) is 36.3 Å². The topological polar surface area (TPSA) is 60.7 Å². The summed E-state index contributed by atoms with van der Waals surface area (Å²) in [5.74, 6) is 0.298. The molecule has 0 atom stereocenters. The van der Waals surface area contributed by atoms with E-state index in [0.29, 0.717) is 49.1 Å². The number of alkyl halides is 6. The molecule has 2 aromatic rings. The van der Waals surface area contributed by atoms with E-state index in [9.17, 15) is 36.2 Å². The van der Waals surface area contributed by atoms with E-state index in [1.54, 1.807) is 13.8 Å². The lowest BCUT2D eigenvalue weighted by Crippen LogP contribution is -2.53. The number of fused-ring (bicyclic) bond motifs is 1. The third kappa shape index (κ3) is 5.79. The zero-order valence-corrected chi connectivity index (χ0v) is 21.5. The predicted molar refractivity (Wildman–Crippen MR) is 127 cm³/mol. The lowest BCUT2D eigenvalue weighted by Gasteiger charge is -2.34. The number of benzene rings is 1. The zero-order valence-electron chi connectivity index (χ0n) is 20.7. The van der Waals surface area contributed by atoms with Crippen LogP contribution < -0.4 is 9.61 Å². The molecule has 0 amide bonds. The van der Waals surface area contributed by atoms with Crippen molar-refractivity contribution in [3.05, 3.63) is 43.4 Å². The van der Waals surface area contributed by atoms with Crippen molar-refractivity contribution < 1.29 is 40.9 Å². The third-order valence-electron chi connectivity index (χ3n) is 6.49. The Morgan fingerprint density at radius 2 is 1.70 bits per heavy atom. The molecule has 37 heavy (non-hydrogen) atoms. The highest BCUT2D eigenvalue weighted by Crippen LogP contribution is 2.58. The van der Waals surface area contributed by atoms with E-state index in [0.717, 1.165) is 30.2 Å². The summed E-state index contributed by atoms with van der Waals surface area (Å²) in [7, 11) is 0. The Kier molecular flexibility index (Phi) is 9.26. The molecule has 0 spiro atoms. The molecule has 0 unspecified atom stereocenters. The number of aryl methyl sites for hydroxylation is 1. The van der Waals surface area contributed by atoms with Crippen molar-refractivity contribution in [3.63, 3.8) is 0 Å². The average molecular weight is 556 g/mol. The summed E-state index contributed by atoms with van der Waals surface area (Å²) in [6.07, 6.45) is -7.00. The molecule has 12 heteroatoms. The van der Waals surface area contributed by atoms with Gasteiger partial charge in [0.1, 0.15) is 5.75 Å². The van der Waals surface area contributed by atoms with Gasteiger partial charge >= 0.3 is 17.2 Å². The third-order valence-corrected chi connectivity index (χ3v) is 7.24. The highest BCUT2D eigenvalue weighted by molar-refractivity contribution is 7.07. The molecule has 3 rings (SSSR count). The lowest BCUT2D eigenvalue weighted by atomic mass is 9.84. The molecule has 0 aliphatic carbocycles. The number of hydrogen-bond donors (Lipinski definition) is 1. The number of ether oxygens (including phenoxy) is 2. The average Bonchev–Trinajstić information content (AvgIpc) is 3.35. The first-order valence-electron chi connectivity index (χ1n) is 12.3. The molecular formula is C25H31F6NO4S. The fourth-order valence-electron chi connectivity index (χ4n) is 4.77. The van der Waals surface area contributed by atoms with Crippen molar-refractivity contribution in [2.45, 2.75) is 96.3 Å². The van der Waals surface area contributed by atoms with Gasteiger partial charge in [-0.3, -0.25) is 9.36 Å². The largest absolute Gasteiger partial charge is 0.494 e. The molecule has 0 bridgehead atoms. The summed E-state index contributed by atoms with van der Waals surface area (Å²) < 4.78 is 95.3. The van der Waals surface area contributed by atoms with Gasteiger partial charge in [-0.15, -0.1) is 0 Å². The van der Waals surface area contributed by atoms with E-state index in [-0.39, 0.29) is 35.8 Å². The van der Waals surface area contributed by atoms with Gasteiger partial charge in [0.2, 0.25) is 5.88 Å². The molecular weight excluding hydrogens is 524 g/mol. The van der Waals surface area contributed by atoms with Gasteiger partial charge in [-0.25, -0.2) is 0 Å². The Balaban J connectivity index is 1.79. The smallest absolute Gasteiger partial charge is 0.430 e. The minimum absolute atomic E-state index is 0.0640. The SMILES string of the molecule is CCCc1cc2c(c(CCC)c1OCCCCCCn1c(O)csc1=O)COC2(C(F)(F)F)C(F)(F)F. The number of rotatable bonds is 12. The van der Waals surface area contributed by atoms with Crippen LogP contribution >= 0.6 is 11.3 Å². The molecule has 208 valence electrons. The fraction of sp³-hybridized carbons (Fsp3) is 0.640. The van der Waals surface area contributed by atoms with Crippen molar-refractivity contribution in [1.29, 1.82) is 0 Å². The van der Waals surface area contributed by atoms with Crippen LogP contribution in [0.5, 0.6) is 11.6 Å². The number of aromatic nitrogens is 1. The minimum atomic E-state index is -5.67. The Morgan fingerprint density at radius 3 is 2.27 bits per heavy atom. The number of nitrogens with zero attached hydrogens (tertiary/aromatic N) is 1. The number of hydrogen-bond acceptors (Lipinski definition) is 5. The van der Waals surface area contributed by atoms with Gasteiger partial charge in [0.25, 0.3) is 5.60 Å². The van der Waals surface area contributed by atoms with Crippen LogP contribution in [0, 0.1) is 0 Å². The summed E-state index contributed by atoms with van der Waals surface area (Å²) >= 11 is 0.926. The monoisotopic (exact) mass is 555 g/mol. The van der Waals surface area contributed by atoms with Crippen molar-refractivity contribution >= 4 is 11.3 Å². The Hall–Kier alpha value is -2.21. The second-order valence-electron chi connectivity index (χ2n) is 9.11. The molecule has 0 saturated carbocycles. The molecule has 0 fully saturated rings. The molecule has 1 aromatic carbocycles. The van der Waals surface area contributed by atoms with Gasteiger partial charge in [0, 0.05) is 17.7 Å².